The molecule has 0 saturated heterocycles. The Morgan fingerprint density at radius 1 is 1.30 bits per heavy atom. The Kier molecular flexibility index (Phi) is 4.44. The van der Waals surface area contributed by atoms with Gasteiger partial charge in [0.05, 0.1) is 7.11 Å². The predicted molar refractivity (Wildman–Crippen MR) is 76.5 cm³/mol. The second kappa shape index (κ2) is 6.09. The quantitative estimate of drug-likeness (QED) is 0.637. The Morgan fingerprint density at radius 2 is 2.05 bits per heavy atom. The van der Waals surface area contributed by atoms with E-state index in [-0.39, 0.29) is 11.2 Å². The minimum atomic E-state index is -0.381. The number of benzene rings is 1. The third kappa shape index (κ3) is 3.19. The Morgan fingerprint density at radius 3 is 2.70 bits per heavy atom. The molecule has 0 saturated carbocycles. The van der Waals surface area contributed by atoms with Crippen molar-refractivity contribution >= 4 is 17.7 Å². The van der Waals surface area contributed by atoms with Crippen molar-refractivity contribution in [2.75, 3.05) is 7.11 Å². The molecule has 1 heterocycles. The monoisotopic (exact) mass is 292 g/mol. The highest BCUT2D eigenvalue weighted by Gasteiger charge is 2.19. The van der Waals surface area contributed by atoms with Crippen molar-refractivity contribution in [1.82, 2.24) is 10.2 Å². The molecule has 0 radical (unpaired) electrons. The number of ether oxygens (including phenoxy) is 1. The molecule has 0 aliphatic carbocycles. The molecule has 0 spiro atoms. The van der Waals surface area contributed by atoms with Gasteiger partial charge in [-0.15, -0.1) is 10.2 Å². The zero-order valence-corrected chi connectivity index (χ0v) is 12.7. The van der Waals surface area contributed by atoms with Crippen LogP contribution in [0.3, 0.4) is 0 Å². The van der Waals surface area contributed by atoms with Gasteiger partial charge >= 0.3 is 5.97 Å². The summed E-state index contributed by atoms with van der Waals surface area (Å²) in [5.74, 6) is 0.133. The molecule has 0 unspecified atom stereocenters. The number of thioether (sulfide) groups is 1. The summed E-state index contributed by atoms with van der Waals surface area (Å²) in [4.78, 5) is 11.3. The molecule has 2 rings (SSSR count). The maximum atomic E-state index is 11.3. The van der Waals surface area contributed by atoms with E-state index in [1.165, 1.54) is 24.4 Å². The van der Waals surface area contributed by atoms with E-state index in [0.29, 0.717) is 11.1 Å². The van der Waals surface area contributed by atoms with Gasteiger partial charge in [-0.1, -0.05) is 17.8 Å². The number of rotatable bonds is 4. The molecule has 0 N–H and O–H groups in total. The molecule has 6 heteroatoms. The Balaban J connectivity index is 2.16. The van der Waals surface area contributed by atoms with Crippen LogP contribution in [0.4, 0.5) is 0 Å². The molecule has 0 amide bonds. The van der Waals surface area contributed by atoms with Crippen molar-refractivity contribution in [2.24, 2.45) is 0 Å². The van der Waals surface area contributed by atoms with Crippen molar-refractivity contribution in [3.05, 3.63) is 29.3 Å². The van der Waals surface area contributed by atoms with Crippen molar-refractivity contribution in [3.8, 4) is 11.5 Å². The number of aromatic nitrogens is 2. The van der Waals surface area contributed by atoms with Gasteiger partial charge in [0.2, 0.25) is 5.89 Å². The average molecular weight is 292 g/mol. The van der Waals surface area contributed by atoms with Crippen LogP contribution in [0, 0.1) is 13.8 Å². The Hall–Kier alpha value is -1.82. The van der Waals surface area contributed by atoms with Crippen molar-refractivity contribution in [1.29, 1.82) is 0 Å². The lowest BCUT2D eigenvalue weighted by atomic mass is 10.1. The summed E-state index contributed by atoms with van der Waals surface area (Å²) < 4.78 is 10.2. The first kappa shape index (κ1) is 14.6. The first-order valence-corrected chi connectivity index (χ1v) is 7.05. The van der Waals surface area contributed by atoms with Crippen LogP contribution in [0.5, 0.6) is 0 Å². The minimum absolute atomic E-state index is 0.319. The number of esters is 1. The predicted octanol–water partition coefficient (Wildman–Crippen LogP) is 3.01. The van der Waals surface area contributed by atoms with E-state index in [0.717, 1.165) is 11.1 Å². The molecule has 1 aromatic carbocycles. The van der Waals surface area contributed by atoms with Crippen LogP contribution >= 0.6 is 11.8 Å². The number of hydrogen-bond acceptors (Lipinski definition) is 6. The van der Waals surface area contributed by atoms with E-state index in [1.807, 2.05) is 32.0 Å². The number of carbonyl (C=O) groups is 1. The van der Waals surface area contributed by atoms with Crippen LogP contribution in [0.25, 0.3) is 11.5 Å². The highest BCUT2D eigenvalue weighted by atomic mass is 32.2. The van der Waals surface area contributed by atoms with Crippen LogP contribution in [0.2, 0.25) is 0 Å². The maximum absolute atomic E-state index is 11.3. The van der Waals surface area contributed by atoms with E-state index in [9.17, 15) is 4.79 Å². The van der Waals surface area contributed by atoms with E-state index in [4.69, 9.17) is 4.42 Å². The first-order chi connectivity index (χ1) is 9.51. The van der Waals surface area contributed by atoms with Crippen LogP contribution in [-0.4, -0.2) is 28.5 Å². The van der Waals surface area contributed by atoms with E-state index < -0.39 is 0 Å². The van der Waals surface area contributed by atoms with Gasteiger partial charge in [0.1, 0.15) is 5.25 Å². The normalized spacial score (nSPS) is 12.2. The zero-order valence-electron chi connectivity index (χ0n) is 11.8. The fraction of sp³-hybridized carbons (Fsp3) is 0.357. The fourth-order valence-corrected chi connectivity index (χ4v) is 2.32. The number of methoxy groups -OCH3 is 1. The van der Waals surface area contributed by atoms with Gasteiger partial charge in [0.15, 0.2) is 0 Å². The number of carbonyl (C=O) groups excluding carboxylic acids is 1. The highest BCUT2D eigenvalue weighted by Crippen LogP contribution is 2.27. The molecule has 2 aromatic rings. The molecular formula is C14H16N2O3S. The second-order valence-corrected chi connectivity index (χ2v) is 5.75. The zero-order chi connectivity index (χ0) is 14.7. The summed E-state index contributed by atoms with van der Waals surface area (Å²) in [7, 11) is 1.35. The lowest BCUT2D eigenvalue weighted by molar-refractivity contribution is -0.139. The summed E-state index contributed by atoms with van der Waals surface area (Å²) in [6, 6.07) is 5.95. The number of hydrogen-bond donors (Lipinski definition) is 0. The molecule has 0 bridgehead atoms. The van der Waals surface area contributed by atoms with Crippen LogP contribution in [0.15, 0.2) is 27.8 Å². The summed E-state index contributed by atoms with van der Waals surface area (Å²) >= 11 is 1.18. The molecule has 1 atom stereocenters. The van der Waals surface area contributed by atoms with E-state index in [1.54, 1.807) is 6.92 Å². The SMILES string of the molecule is COC(=O)[C@@H](C)Sc1nnc(-c2ccc(C)c(C)c2)o1. The fourth-order valence-electron chi connectivity index (χ4n) is 1.61. The molecule has 0 fully saturated rings. The van der Waals surface area contributed by atoms with Crippen molar-refractivity contribution in [2.45, 2.75) is 31.2 Å². The smallest absolute Gasteiger partial charge is 0.319 e. The molecule has 0 aliphatic rings. The molecule has 0 aliphatic heterocycles. The van der Waals surface area contributed by atoms with Gasteiger partial charge < -0.3 is 9.15 Å². The van der Waals surface area contributed by atoms with Gasteiger partial charge in [0, 0.05) is 5.56 Å². The van der Waals surface area contributed by atoms with Crippen molar-refractivity contribution in [3.63, 3.8) is 0 Å². The Bertz CT molecular complexity index is 625. The summed E-state index contributed by atoms with van der Waals surface area (Å²) in [5, 5.41) is 7.92. The van der Waals surface area contributed by atoms with Gasteiger partial charge in [-0.2, -0.15) is 0 Å². The molecule has 20 heavy (non-hydrogen) atoms. The van der Waals surface area contributed by atoms with E-state index >= 15 is 0 Å². The topological polar surface area (TPSA) is 65.2 Å². The van der Waals surface area contributed by atoms with Crippen molar-refractivity contribution < 1.29 is 13.9 Å². The lowest BCUT2D eigenvalue weighted by Crippen LogP contribution is -2.14. The van der Waals surface area contributed by atoms with Gasteiger partial charge in [0.25, 0.3) is 5.22 Å². The highest BCUT2D eigenvalue weighted by molar-refractivity contribution is 8.00. The van der Waals surface area contributed by atoms with E-state index in [2.05, 4.69) is 14.9 Å². The molecule has 106 valence electrons. The summed E-state index contributed by atoms with van der Waals surface area (Å²) in [6.07, 6.45) is 0. The first-order valence-electron chi connectivity index (χ1n) is 6.17. The lowest BCUT2D eigenvalue weighted by Gasteiger charge is -2.04. The van der Waals surface area contributed by atoms with Crippen LogP contribution < -0.4 is 0 Å². The summed E-state index contributed by atoms with van der Waals surface area (Å²) in [5.41, 5.74) is 3.25. The largest absolute Gasteiger partial charge is 0.468 e. The molecular weight excluding hydrogens is 276 g/mol. The number of nitrogens with zero attached hydrogens (tertiary/aromatic N) is 2. The average Bonchev–Trinajstić information content (AvgIpc) is 2.89. The number of aryl methyl sites for hydroxylation is 2. The third-order valence-electron chi connectivity index (χ3n) is 2.97. The summed E-state index contributed by atoms with van der Waals surface area (Å²) in [6.45, 7) is 5.81. The third-order valence-corrected chi connectivity index (χ3v) is 3.88. The maximum Gasteiger partial charge on any atom is 0.319 e. The van der Waals surface area contributed by atoms with Gasteiger partial charge in [-0.25, -0.2) is 0 Å². The Labute approximate surface area is 121 Å². The second-order valence-electron chi connectivity index (χ2n) is 4.46. The molecule has 5 nitrogen and oxygen atoms in total. The van der Waals surface area contributed by atoms with Crippen LogP contribution in [0.1, 0.15) is 18.1 Å². The van der Waals surface area contributed by atoms with Gasteiger partial charge in [-0.3, -0.25) is 4.79 Å². The van der Waals surface area contributed by atoms with Crippen LogP contribution in [-0.2, 0) is 9.53 Å². The minimum Gasteiger partial charge on any atom is -0.468 e. The van der Waals surface area contributed by atoms with Gasteiger partial charge in [-0.05, 0) is 44.0 Å². The standard InChI is InChI=1S/C14H16N2O3S/c1-8-5-6-11(7-9(8)2)12-15-16-14(19-12)20-10(3)13(17)18-4/h5-7,10H,1-4H3/t10-/m1/s1. The molecule has 1 aromatic heterocycles.